The van der Waals surface area contributed by atoms with E-state index in [1.54, 1.807) is 12.1 Å². The van der Waals surface area contributed by atoms with Crippen LogP contribution in [0.2, 0.25) is 0 Å². The molecule has 1 saturated heterocycles. The van der Waals surface area contributed by atoms with E-state index in [1.807, 2.05) is 12.1 Å². The van der Waals surface area contributed by atoms with Crippen LogP contribution in [-0.2, 0) is 9.53 Å². The Balaban J connectivity index is 2.08. The van der Waals surface area contributed by atoms with Gasteiger partial charge < -0.3 is 15.8 Å². The van der Waals surface area contributed by atoms with Crippen LogP contribution in [0.15, 0.2) is 24.3 Å². The number of nitrogens with two attached hydrogens (primary N) is 1. The Hall–Kier alpha value is -1.46. The summed E-state index contributed by atoms with van der Waals surface area (Å²) < 4.78 is 5.31. The maximum absolute atomic E-state index is 12.1. The van der Waals surface area contributed by atoms with Crippen LogP contribution in [-0.4, -0.2) is 24.1 Å². The number of amides is 1. The Morgan fingerprint density at radius 1 is 1.44 bits per heavy atom. The molecular formula is C13H16N2O2S. The zero-order valence-electron chi connectivity index (χ0n) is 10.0. The van der Waals surface area contributed by atoms with Crippen LogP contribution < -0.4 is 11.1 Å². The number of hydrogen-bond acceptors (Lipinski definition) is 3. The van der Waals surface area contributed by atoms with Crippen LogP contribution in [0.1, 0.15) is 18.4 Å². The van der Waals surface area contributed by atoms with Crippen LogP contribution >= 0.6 is 12.2 Å². The summed E-state index contributed by atoms with van der Waals surface area (Å²) in [6.07, 6.45) is 1.79. The third-order valence-corrected chi connectivity index (χ3v) is 3.20. The SMILES string of the molecule is NC(=S)c1ccccc1NC(=O)C1CCCOC1. The lowest BCUT2D eigenvalue weighted by Crippen LogP contribution is -2.30. The molecule has 1 aromatic rings. The molecule has 0 spiro atoms. The van der Waals surface area contributed by atoms with Crippen LogP contribution in [0, 0.1) is 5.92 Å². The van der Waals surface area contributed by atoms with Gasteiger partial charge in [0.15, 0.2) is 0 Å². The molecule has 5 heteroatoms. The van der Waals surface area contributed by atoms with E-state index >= 15 is 0 Å². The smallest absolute Gasteiger partial charge is 0.229 e. The maximum atomic E-state index is 12.1. The van der Waals surface area contributed by atoms with Crippen molar-refractivity contribution in [1.82, 2.24) is 0 Å². The van der Waals surface area contributed by atoms with Gasteiger partial charge in [-0.25, -0.2) is 0 Å². The van der Waals surface area contributed by atoms with E-state index in [1.165, 1.54) is 0 Å². The summed E-state index contributed by atoms with van der Waals surface area (Å²) in [4.78, 5) is 12.4. The molecule has 2 rings (SSSR count). The second-order valence-electron chi connectivity index (χ2n) is 4.31. The van der Waals surface area contributed by atoms with Gasteiger partial charge in [0, 0.05) is 12.2 Å². The van der Waals surface area contributed by atoms with Crippen molar-refractivity contribution in [2.75, 3.05) is 18.5 Å². The van der Waals surface area contributed by atoms with Gasteiger partial charge in [-0.3, -0.25) is 4.79 Å². The first kappa shape index (κ1) is 13.0. The fourth-order valence-corrected chi connectivity index (χ4v) is 2.17. The number of rotatable bonds is 3. The topological polar surface area (TPSA) is 64.3 Å². The maximum Gasteiger partial charge on any atom is 0.229 e. The lowest BCUT2D eigenvalue weighted by molar-refractivity contribution is -0.123. The van der Waals surface area contributed by atoms with Crippen molar-refractivity contribution in [3.63, 3.8) is 0 Å². The summed E-state index contributed by atoms with van der Waals surface area (Å²) in [7, 11) is 0. The molecule has 1 aliphatic rings. The fraction of sp³-hybridized carbons (Fsp3) is 0.385. The summed E-state index contributed by atoms with van der Waals surface area (Å²) >= 11 is 4.96. The van der Waals surface area contributed by atoms with Gasteiger partial charge in [0.05, 0.1) is 18.2 Å². The van der Waals surface area contributed by atoms with Crippen molar-refractivity contribution in [3.8, 4) is 0 Å². The summed E-state index contributed by atoms with van der Waals surface area (Å²) in [6, 6.07) is 7.29. The molecule has 4 nitrogen and oxygen atoms in total. The van der Waals surface area contributed by atoms with Crippen LogP contribution in [0.4, 0.5) is 5.69 Å². The molecule has 0 aliphatic carbocycles. The second kappa shape index (κ2) is 5.93. The summed E-state index contributed by atoms with van der Waals surface area (Å²) in [5.74, 6) is -0.114. The van der Waals surface area contributed by atoms with Gasteiger partial charge in [-0.05, 0) is 25.0 Å². The number of benzene rings is 1. The number of anilines is 1. The number of nitrogens with one attached hydrogen (secondary N) is 1. The van der Waals surface area contributed by atoms with Gasteiger partial charge in [-0.2, -0.15) is 0 Å². The molecular weight excluding hydrogens is 248 g/mol. The minimum atomic E-state index is -0.0850. The van der Waals surface area contributed by atoms with Crippen LogP contribution in [0.25, 0.3) is 0 Å². The van der Waals surface area contributed by atoms with Crippen molar-refractivity contribution in [2.45, 2.75) is 12.8 Å². The van der Waals surface area contributed by atoms with E-state index in [2.05, 4.69) is 5.32 Å². The van der Waals surface area contributed by atoms with E-state index < -0.39 is 0 Å². The molecule has 1 heterocycles. The molecule has 1 aliphatic heterocycles. The van der Waals surface area contributed by atoms with Crippen molar-refractivity contribution < 1.29 is 9.53 Å². The zero-order chi connectivity index (χ0) is 13.0. The molecule has 96 valence electrons. The highest BCUT2D eigenvalue weighted by atomic mass is 32.1. The van der Waals surface area contributed by atoms with E-state index in [9.17, 15) is 4.79 Å². The molecule has 18 heavy (non-hydrogen) atoms. The van der Waals surface area contributed by atoms with E-state index in [-0.39, 0.29) is 16.8 Å². The monoisotopic (exact) mass is 264 g/mol. The van der Waals surface area contributed by atoms with Crippen LogP contribution in [0.3, 0.4) is 0 Å². The minimum Gasteiger partial charge on any atom is -0.389 e. The average Bonchev–Trinajstić information content (AvgIpc) is 2.40. The van der Waals surface area contributed by atoms with Crippen molar-refractivity contribution in [3.05, 3.63) is 29.8 Å². The normalized spacial score (nSPS) is 19.2. The van der Waals surface area contributed by atoms with Gasteiger partial charge in [-0.1, -0.05) is 24.4 Å². The lowest BCUT2D eigenvalue weighted by atomic mass is 10.0. The van der Waals surface area contributed by atoms with Crippen molar-refractivity contribution in [1.29, 1.82) is 0 Å². The van der Waals surface area contributed by atoms with E-state index in [0.717, 1.165) is 19.4 Å². The molecule has 0 bridgehead atoms. The van der Waals surface area contributed by atoms with Gasteiger partial charge in [0.25, 0.3) is 0 Å². The first-order valence-electron chi connectivity index (χ1n) is 5.96. The highest BCUT2D eigenvalue weighted by Gasteiger charge is 2.22. The predicted octanol–water partition coefficient (Wildman–Crippen LogP) is 1.69. The standard InChI is InChI=1S/C13H16N2O2S/c14-12(18)10-5-1-2-6-11(10)15-13(16)9-4-3-7-17-8-9/h1-2,5-6,9H,3-4,7-8H2,(H2,14,18)(H,15,16). The Labute approximate surface area is 112 Å². The Kier molecular flexibility index (Phi) is 4.28. The number of thiocarbonyl (C=S) groups is 1. The summed E-state index contributed by atoms with van der Waals surface area (Å²) in [6.45, 7) is 1.23. The number of para-hydroxylation sites is 1. The first-order chi connectivity index (χ1) is 8.68. The summed E-state index contributed by atoms with van der Waals surface area (Å²) in [5.41, 5.74) is 6.98. The third kappa shape index (κ3) is 3.05. The minimum absolute atomic E-state index is 0.0293. The molecule has 1 amide bonds. The molecule has 0 aromatic heterocycles. The molecule has 1 fully saturated rings. The predicted molar refractivity (Wildman–Crippen MR) is 74.5 cm³/mol. The van der Waals surface area contributed by atoms with Crippen molar-refractivity contribution >= 4 is 28.8 Å². The van der Waals surface area contributed by atoms with Gasteiger partial charge in [0.1, 0.15) is 4.99 Å². The number of carbonyl (C=O) groups excluding carboxylic acids is 1. The first-order valence-corrected chi connectivity index (χ1v) is 6.37. The lowest BCUT2D eigenvalue weighted by Gasteiger charge is -2.21. The van der Waals surface area contributed by atoms with Gasteiger partial charge >= 0.3 is 0 Å². The van der Waals surface area contributed by atoms with Gasteiger partial charge in [0.2, 0.25) is 5.91 Å². The van der Waals surface area contributed by atoms with E-state index in [0.29, 0.717) is 17.9 Å². The average molecular weight is 264 g/mol. The Morgan fingerprint density at radius 3 is 2.89 bits per heavy atom. The van der Waals surface area contributed by atoms with Crippen molar-refractivity contribution in [2.24, 2.45) is 11.7 Å². The summed E-state index contributed by atoms with van der Waals surface area (Å²) in [5, 5.41) is 2.88. The van der Waals surface area contributed by atoms with Crippen LogP contribution in [0.5, 0.6) is 0 Å². The highest BCUT2D eigenvalue weighted by molar-refractivity contribution is 7.80. The molecule has 1 atom stereocenters. The fourth-order valence-electron chi connectivity index (χ4n) is 1.99. The molecule has 0 saturated carbocycles. The molecule has 1 aromatic carbocycles. The zero-order valence-corrected chi connectivity index (χ0v) is 10.8. The number of ether oxygens (including phenoxy) is 1. The third-order valence-electron chi connectivity index (χ3n) is 2.98. The number of hydrogen-bond donors (Lipinski definition) is 2. The largest absolute Gasteiger partial charge is 0.389 e. The molecule has 3 N–H and O–H groups in total. The molecule has 1 unspecified atom stereocenters. The highest BCUT2D eigenvalue weighted by Crippen LogP contribution is 2.19. The van der Waals surface area contributed by atoms with E-state index in [4.69, 9.17) is 22.7 Å². The van der Waals surface area contributed by atoms with Gasteiger partial charge in [-0.15, -0.1) is 0 Å². The quantitative estimate of drug-likeness (QED) is 0.815. The molecule has 0 radical (unpaired) electrons. The Morgan fingerprint density at radius 2 is 2.22 bits per heavy atom. The second-order valence-corrected chi connectivity index (χ2v) is 4.75. The Bertz CT molecular complexity index is 456. The number of carbonyl (C=O) groups is 1.